The van der Waals surface area contributed by atoms with Crippen LogP contribution >= 0.6 is 0 Å². The third kappa shape index (κ3) is 5.60. The maximum absolute atomic E-state index is 12.2. The van der Waals surface area contributed by atoms with Gasteiger partial charge in [-0.1, -0.05) is 17.9 Å². The number of anilines is 1. The van der Waals surface area contributed by atoms with Crippen LogP contribution < -0.4 is 10.5 Å². The van der Waals surface area contributed by atoms with E-state index in [9.17, 15) is 20.1 Å². The van der Waals surface area contributed by atoms with Gasteiger partial charge in [0, 0.05) is 49.1 Å². The molecular formula is C28H32N6O5. The van der Waals surface area contributed by atoms with E-state index in [2.05, 4.69) is 33.9 Å². The Labute approximate surface area is 226 Å². The summed E-state index contributed by atoms with van der Waals surface area (Å²) in [5.41, 5.74) is 6.04. The van der Waals surface area contributed by atoms with Gasteiger partial charge in [-0.3, -0.25) is 9.48 Å². The maximum atomic E-state index is 12.2. The molecule has 2 aromatic heterocycles. The summed E-state index contributed by atoms with van der Waals surface area (Å²) >= 11 is 0. The van der Waals surface area contributed by atoms with Crippen molar-refractivity contribution in [3.8, 4) is 28.7 Å². The van der Waals surface area contributed by atoms with E-state index in [1.165, 1.54) is 17.0 Å². The Kier molecular flexibility index (Phi) is 7.05. The van der Waals surface area contributed by atoms with E-state index >= 15 is 0 Å². The molecule has 2 fully saturated rings. The minimum Gasteiger partial charge on any atom is -0.432 e. The molecule has 0 aliphatic carbocycles. The largest absolute Gasteiger partial charge is 0.432 e. The molecule has 1 aromatic carbocycles. The molecule has 11 nitrogen and oxygen atoms in total. The van der Waals surface area contributed by atoms with Gasteiger partial charge in [0.15, 0.2) is 11.6 Å². The molecule has 2 aliphatic rings. The van der Waals surface area contributed by atoms with Crippen molar-refractivity contribution in [3.05, 3.63) is 60.0 Å². The first-order chi connectivity index (χ1) is 18.5. The molecule has 4 heterocycles. The van der Waals surface area contributed by atoms with Crippen LogP contribution in [0.2, 0.25) is 0 Å². The van der Waals surface area contributed by atoms with Crippen LogP contribution in [-0.4, -0.2) is 85.1 Å². The molecule has 1 amide bonds. The number of amides is 1. The first-order valence-corrected chi connectivity index (χ1v) is 12.8. The molecule has 2 saturated heterocycles. The van der Waals surface area contributed by atoms with Crippen molar-refractivity contribution in [1.82, 2.24) is 24.6 Å². The number of hydrogen-bond acceptors (Lipinski definition) is 9. The lowest BCUT2D eigenvalue weighted by molar-refractivity contribution is -0.303. The molecule has 11 heteroatoms. The van der Waals surface area contributed by atoms with Gasteiger partial charge in [-0.05, 0) is 57.2 Å². The summed E-state index contributed by atoms with van der Waals surface area (Å²) < 4.78 is 7.49. The predicted octanol–water partition coefficient (Wildman–Crippen LogP) is 0.913. The standard InChI is InChI=1S/C28H32N6O5/c1-32-11-7-23(8-12-32)34-18-21(17-31-34)20-15-24(25(29)30-16-20)39-28(37,38)22-5-3-4-19(14-22)6-9-27(36)10-13-33(2)26(27)35/h3-5,14-18,23,36-38H,7-8,10-13H2,1-2H3,(H2,29,30). The highest BCUT2D eigenvalue weighted by atomic mass is 16.8. The summed E-state index contributed by atoms with van der Waals surface area (Å²) in [5.74, 6) is 2.11. The zero-order chi connectivity index (χ0) is 27.8. The van der Waals surface area contributed by atoms with Crippen molar-refractivity contribution in [2.24, 2.45) is 0 Å². The number of ether oxygens (including phenoxy) is 1. The second kappa shape index (κ2) is 10.3. The number of pyridine rings is 1. The SMILES string of the molecule is CN1CCC(n2cc(-c3cnc(N)c(OC(O)(O)c4cccc(C#CC5(O)CCN(C)C5=O)c4)c3)cn2)CC1. The summed E-state index contributed by atoms with van der Waals surface area (Å²) in [6, 6.07) is 7.94. The van der Waals surface area contributed by atoms with Gasteiger partial charge in [-0.25, -0.2) is 4.98 Å². The highest BCUT2D eigenvalue weighted by molar-refractivity contribution is 5.90. The van der Waals surface area contributed by atoms with E-state index in [4.69, 9.17) is 10.5 Å². The zero-order valence-electron chi connectivity index (χ0n) is 21.9. The monoisotopic (exact) mass is 532 g/mol. The Morgan fingerprint density at radius 1 is 1.13 bits per heavy atom. The van der Waals surface area contributed by atoms with Gasteiger partial charge in [-0.2, -0.15) is 5.10 Å². The number of carbonyl (C=O) groups excluding carboxylic acids is 1. The number of likely N-dealkylation sites (N-methyl/N-ethyl adjacent to an activating group) is 1. The van der Waals surface area contributed by atoms with Crippen molar-refractivity contribution >= 4 is 11.7 Å². The second-order valence-corrected chi connectivity index (χ2v) is 10.2. The Morgan fingerprint density at radius 2 is 1.90 bits per heavy atom. The summed E-state index contributed by atoms with van der Waals surface area (Å²) in [7, 11) is 3.71. The summed E-state index contributed by atoms with van der Waals surface area (Å²) in [4.78, 5) is 20.1. The number of likely N-dealkylation sites (tertiary alicyclic amines) is 2. The fraction of sp³-hybridized carbons (Fsp3) is 0.393. The third-order valence-corrected chi connectivity index (χ3v) is 7.29. The van der Waals surface area contributed by atoms with Crippen LogP contribution in [0.25, 0.3) is 11.1 Å². The molecule has 5 rings (SSSR count). The van der Waals surface area contributed by atoms with Crippen molar-refractivity contribution in [1.29, 1.82) is 0 Å². The number of rotatable bonds is 5. The van der Waals surface area contributed by atoms with E-state index in [0.29, 0.717) is 23.7 Å². The lowest BCUT2D eigenvalue weighted by Gasteiger charge is -2.28. The van der Waals surface area contributed by atoms with Gasteiger partial charge in [0.1, 0.15) is 0 Å². The minimum atomic E-state index is -2.76. The van der Waals surface area contributed by atoms with Gasteiger partial charge < -0.3 is 35.6 Å². The first-order valence-electron chi connectivity index (χ1n) is 12.8. The minimum absolute atomic E-state index is 0.0176. The molecule has 0 saturated carbocycles. The number of hydrogen-bond donors (Lipinski definition) is 4. The molecule has 1 atom stereocenters. The molecule has 0 radical (unpaired) electrons. The number of benzene rings is 1. The Hall–Kier alpha value is -3.95. The normalized spacial score (nSPS) is 20.6. The van der Waals surface area contributed by atoms with Crippen molar-refractivity contribution in [2.75, 3.05) is 39.5 Å². The van der Waals surface area contributed by atoms with Gasteiger partial charge >= 0.3 is 5.97 Å². The zero-order valence-corrected chi connectivity index (χ0v) is 21.9. The average molecular weight is 533 g/mol. The van der Waals surface area contributed by atoms with E-state index in [1.807, 2.05) is 10.9 Å². The van der Waals surface area contributed by atoms with Gasteiger partial charge in [0.2, 0.25) is 5.60 Å². The topological polar surface area (TPSA) is 150 Å². The number of aliphatic hydroxyl groups is 3. The molecule has 0 bridgehead atoms. The lowest BCUT2D eigenvalue weighted by Crippen LogP contribution is -2.37. The van der Waals surface area contributed by atoms with Crippen LogP contribution in [0.5, 0.6) is 5.75 Å². The molecule has 5 N–H and O–H groups in total. The van der Waals surface area contributed by atoms with E-state index in [0.717, 1.165) is 31.5 Å². The first kappa shape index (κ1) is 26.6. The lowest BCUT2D eigenvalue weighted by atomic mass is 10.0. The van der Waals surface area contributed by atoms with Crippen LogP contribution in [-0.2, 0) is 10.8 Å². The molecule has 204 valence electrons. The van der Waals surface area contributed by atoms with Crippen LogP contribution in [0, 0.1) is 11.8 Å². The maximum Gasteiger partial charge on any atom is 0.351 e. The van der Waals surface area contributed by atoms with Gasteiger partial charge in [-0.15, -0.1) is 0 Å². The van der Waals surface area contributed by atoms with Crippen LogP contribution in [0.1, 0.15) is 36.4 Å². The Balaban J connectivity index is 1.34. The van der Waals surface area contributed by atoms with Gasteiger partial charge in [0.25, 0.3) is 5.91 Å². The van der Waals surface area contributed by atoms with Crippen molar-refractivity contribution in [3.63, 3.8) is 0 Å². The van der Waals surface area contributed by atoms with Crippen molar-refractivity contribution < 1.29 is 24.9 Å². The molecule has 2 aliphatic heterocycles. The predicted molar refractivity (Wildman–Crippen MR) is 143 cm³/mol. The van der Waals surface area contributed by atoms with E-state index < -0.39 is 17.5 Å². The number of piperidine rings is 1. The average Bonchev–Trinajstić information content (AvgIpc) is 3.51. The number of carbonyl (C=O) groups is 1. The van der Waals surface area contributed by atoms with E-state index in [1.54, 1.807) is 37.6 Å². The highest BCUT2D eigenvalue weighted by Crippen LogP contribution is 2.32. The third-order valence-electron chi connectivity index (χ3n) is 7.29. The summed E-state index contributed by atoms with van der Waals surface area (Å²) in [6.45, 7) is 2.43. The molecule has 0 spiro atoms. The van der Waals surface area contributed by atoms with Gasteiger partial charge in [0.05, 0.1) is 17.8 Å². The summed E-state index contributed by atoms with van der Waals surface area (Å²) in [5, 5.41) is 36.7. The van der Waals surface area contributed by atoms with Crippen LogP contribution in [0.4, 0.5) is 5.82 Å². The Bertz CT molecular complexity index is 1440. The Morgan fingerprint density at radius 3 is 2.62 bits per heavy atom. The molecule has 1 unspecified atom stereocenters. The fourth-order valence-electron chi connectivity index (χ4n) is 4.80. The molecule has 39 heavy (non-hydrogen) atoms. The second-order valence-electron chi connectivity index (χ2n) is 10.2. The molecule has 3 aromatic rings. The van der Waals surface area contributed by atoms with Crippen LogP contribution in [0.3, 0.4) is 0 Å². The quantitative estimate of drug-likeness (QED) is 0.278. The van der Waals surface area contributed by atoms with E-state index in [-0.39, 0.29) is 23.6 Å². The number of aromatic nitrogens is 3. The number of nitrogens with zero attached hydrogens (tertiary/aromatic N) is 5. The fourth-order valence-corrected chi connectivity index (χ4v) is 4.80. The summed E-state index contributed by atoms with van der Waals surface area (Å²) in [6.07, 6.45) is 7.49. The van der Waals surface area contributed by atoms with Crippen molar-refractivity contribution in [2.45, 2.75) is 36.9 Å². The number of nitrogen functional groups attached to an aromatic ring is 1. The van der Waals surface area contributed by atoms with Crippen LogP contribution in [0.15, 0.2) is 48.9 Å². The molecular weight excluding hydrogens is 500 g/mol. The number of nitrogens with two attached hydrogens (primary N) is 1. The smallest absolute Gasteiger partial charge is 0.351 e. The highest BCUT2D eigenvalue weighted by Gasteiger charge is 2.42.